The SMILES string of the molecule is CC(C)N1CCCC(Oc2cccc3c2CCCN3)C1. The molecule has 1 unspecified atom stereocenters. The van der Waals surface area contributed by atoms with Crippen LogP contribution in [0.25, 0.3) is 0 Å². The molecular formula is C17H26N2O. The van der Waals surface area contributed by atoms with E-state index < -0.39 is 0 Å². The Bertz CT molecular complexity index is 458. The number of benzene rings is 1. The number of nitrogens with one attached hydrogen (secondary N) is 1. The van der Waals surface area contributed by atoms with E-state index in [1.54, 1.807) is 0 Å². The number of rotatable bonds is 3. The van der Waals surface area contributed by atoms with Gasteiger partial charge in [0.25, 0.3) is 0 Å². The van der Waals surface area contributed by atoms with Crippen molar-refractivity contribution in [2.75, 3.05) is 25.0 Å². The van der Waals surface area contributed by atoms with E-state index in [2.05, 4.69) is 42.3 Å². The third-order valence-corrected chi connectivity index (χ3v) is 4.49. The molecule has 1 fully saturated rings. The Morgan fingerprint density at radius 3 is 3.05 bits per heavy atom. The highest BCUT2D eigenvalue weighted by Gasteiger charge is 2.24. The Kier molecular flexibility index (Phi) is 4.16. The maximum absolute atomic E-state index is 6.35. The third-order valence-electron chi connectivity index (χ3n) is 4.49. The van der Waals surface area contributed by atoms with Crippen LogP contribution >= 0.6 is 0 Å². The number of nitrogens with zero attached hydrogens (tertiary/aromatic N) is 1. The van der Waals surface area contributed by atoms with E-state index >= 15 is 0 Å². The van der Waals surface area contributed by atoms with Gasteiger partial charge >= 0.3 is 0 Å². The van der Waals surface area contributed by atoms with Gasteiger partial charge in [-0.3, -0.25) is 4.90 Å². The average Bonchev–Trinajstić information content (AvgIpc) is 2.48. The molecule has 0 aromatic heterocycles. The first-order valence-electron chi connectivity index (χ1n) is 8.00. The monoisotopic (exact) mass is 274 g/mol. The van der Waals surface area contributed by atoms with Crippen LogP contribution in [0, 0.1) is 0 Å². The first kappa shape index (κ1) is 13.7. The fourth-order valence-electron chi connectivity index (χ4n) is 3.30. The molecule has 0 spiro atoms. The van der Waals surface area contributed by atoms with E-state index in [0.29, 0.717) is 12.1 Å². The molecular weight excluding hydrogens is 248 g/mol. The summed E-state index contributed by atoms with van der Waals surface area (Å²) >= 11 is 0. The van der Waals surface area contributed by atoms with Crippen molar-refractivity contribution in [3.05, 3.63) is 23.8 Å². The fourth-order valence-corrected chi connectivity index (χ4v) is 3.30. The zero-order valence-electron chi connectivity index (χ0n) is 12.7. The molecule has 0 radical (unpaired) electrons. The smallest absolute Gasteiger partial charge is 0.125 e. The molecule has 0 amide bonds. The van der Waals surface area contributed by atoms with Crippen LogP contribution in [-0.2, 0) is 6.42 Å². The molecule has 1 aromatic carbocycles. The van der Waals surface area contributed by atoms with Crippen molar-refractivity contribution in [3.8, 4) is 5.75 Å². The highest BCUT2D eigenvalue weighted by atomic mass is 16.5. The van der Waals surface area contributed by atoms with E-state index in [4.69, 9.17) is 4.74 Å². The Balaban J connectivity index is 1.71. The quantitative estimate of drug-likeness (QED) is 0.915. The molecule has 0 saturated carbocycles. The summed E-state index contributed by atoms with van der Waals surface area (Å²) in [5.41, 5.74) is 2.64. The maximum atomic E-state index is 6.35. The van der Waals surface area contributed by atoms with Crippen molar-refractivity contribution in [3.63, 3.8) is 0 Å². The molecule has 1 N–H and O–H groups in total. The van der Waals surface area contributed by atoms with Gasteiger partial charge in [-0.25, -0.2) is 0 Å². The van der Waals surface area contributed by atoms with Gasteiger partial charge in [-0.05, 0) is 58.2 Å². The molecule has 20 heavy (non-hydrogen) atoms. The fraction of sp³-hybridized carbons (Fsp3) is 0.647. The number of anilines is 1. The molecule has 2 aliphatic rings. The van der Waals surface area contributed by atoms with E-state index in [0.717, 1.165) is 25.3 Å². The van der Waals surface area contributed by atoms with Crippen LogP contribution in [0.4, 0.5) is 5.69 Å². The van der Waals surface area contributed by atoms with Crippen molar-refractivity contribution in [2.45, 2.75) is 51.7 Å². The van der Waals surface area contributed by atoms with Crippen LogP contribution in [-0.4, -0.2) is 36.7 Å². The van der Waals surface area contributed by atoms with Gasteiger partial charge in [0.1, 0.15) is 11.9 Å². The first-order valence-corrected chi connectivity index (χ1v) is 8.00. The Labute approximate surface area is 122 Å². The number of hydrogen-bond acceptors (Lipinski definition) is 3. The molecule has 0 aliphatic carbocycles. The lowest BCUT2D eigenvalue weighted by atomic mass is 10.0. The lowest BCUT2D eigenvalue weighted by Crippen LogP contribution is -2.44. The lowest BCUT2D eigenvalue weighted by molar-refractivity contribution is 0.0700. The van der Waals surface area contributed by atoms with Crippen LogP contribution in [0.2, 0.25) is 0 Å². The Morgan fingerprint density at radius 2 is 2.20 bits per heavy atom. The normalized spacial score (nSPS) is 23.2. The molecule has 3 nitrogen and oxygen atoms in total. The van der Waals surface area contributed by atoms with Crippen LogP contribution in [0.3, 0.4) is 0 Å². The Hall–Kier alpha value is -1.22. The van der Waals surface area contributed by atoms with Crippen LogP contribution < -0.4 is 10.1 Å². The van der Waals surface area contributed by atoms with E-state index in [9.17, 15) is 0 Å². The summed E-state index contributed by atoms with van der Waals surface area (Å²) in [6.07, 6.45) is 5.12. The summed E-state index contributed by atoms with van der Waals surface area (Å²) in [5, 5.41) is 3.48. The number of piperidine rings is 1. The molecule has 0 bridgehead atoms. The average molecular weight is 274 g/mol. The highest BCUT2D eigenvalue weighted by molar-refractivity contribution is 5.59. The van der Waals surface area contributed by atoms with Gasteiger partial charge in [0.05, 0.1) is 0 Å². The zero-order chi connectivity index (χ0) is 13.9. The van der Waals surface area contributed by atoms with Gasteiger partial charge in [-0.1, -0.05) is 6.07 Å². The minimum atomic E-state index is 0.347. The van der Waals surface area contributed by atoms with Gasteiger partial charge in [-0.15, -0.1) is 0 Å². The van der Waals surface area contributed by atoms with Crippen molar-refractivity contribution >= 4 is 5.69 Å². The number of fused-ring (bicyclic) bond motifs is 1. The second kappa shape index (κ2) is 6.04. The first-order chi connectivity index (χ1) is 9.74. The van der Waals surface area contributed by atoms with Crippen molar-refractivity contribution in [1.82, 2.24) is 4.90 Å². The van der Waals surface area contributed by atoms with E-state index in [1.807, 2.05) is 0 Å². The van der Waals surface area contributed by atoms with Gasteiger partial charge in [0.2, 0.25) is 0 Å². The maximum Gasteiger partial charge on any atom is 0.125 e. The van der Waals surface area contributed by atoms with Crippen molar-refractivity contribution < 1.29 is 4.74 Å². The minimum Gasteiger partial charge on any atom is -0.489 e. The van der Waals surface area contributed by atoms with Gasteiger partial charge in [-0.2, -0.15) is 0 Å². The standard InChI is InChI=1S/C17H26N2O/c1-13(2)19-11-5-6-14(12-19)20-17-9-3-8-16-15(17)7-4-10-18-16/h3,8-9,13-14,18H,4-7,10-12H2,1-2H3. The predicted molar refractivity (Wildman–Crippen MR) is 83.6 cm³/mol. The Morgan fingerprint density at radius 1 is 1.30 bits per heavy atom. The van der Waals surface area contributed by atoms with Crippen LogP contribution in [0.5, 0.6) is 5.75 Å². The molecule has 1 aromatic rings. The zero-order valence-corrected chi connectivity index (χ0v) is 12.7. The minimum absolute atomic E-state index is 0.347. The summed E-state index contributed by atoms with van der Waals surface area (Å²) in [5.74, 6) is 1.10. The van der Waals surface area contributed by atoms with Crippen molar-refractivity contribution in [1.29, 1.82) is 0 Å². The summed E-state index contributed by atoms with van der Waals surface area (Å²) in [7, 11) is 0. The number of likely N-dealkylation sites (tertiary alicyclic amines) is 1. The lowest BCUT2D eigenvalue weighted by Gasteiger charge is -2.36. The van der Waals surface area contributed by atoms with Gasteiger partial charge < -0.3 is 10.1 Å². The second-order valence-electron chi connectivity index (χ2n) is 6.28. The second-order valence-corrected chi connectivity index (χ2v) is 6.28. The molecule has 3 rings (SSSR count). The molecule has 1 atom stereocenters. The molecule has 1 saturated heterocycles. The predicted octanol–water partition coefficient (Wildman–Crippen LogP) is 3.30. The van der Waals surface area contributed by atoms with Crippen LogP contribution in [0.15, 0.2) is 18.2 Å². The van der Waals surface area contributed by atoms with Crippen LogP contribution in [0.1, 0.15) is 38.7 Å². The van der Waals surface area contributed by atoms with E-state index in [-0.39, 0.29) is 0 Å². The van der Waals surface area contributed by atoms with Crippen molar-refractivity contribution in [2.24, 2.45) is 0 Å². The van der Waals surface area contributed by atoms with Gasteiger partial charge in [0, 0.05) is 30.4 Å². The summed E-state index contributed by atoms with van der Waals surface area (Å²) < 4.78 is 6.35. The molecule has 2 heterocycles. The van der Waals surface area contributed by atoms with E-state index in [1.165, 1.54) is 37.1 Å². The molecule has 2 aliphatic heterocycles. The number of hydrogen-bond donors (Lipinski definition) is 1. The largest absolute Gasteiger partial charge is 0.489 e. The summed E-state index contributed by atoms with van der Waals surface area (Å²) in [6, 6.07) is 7.03. The molecule has 3 heteroatoms. The number of ether oxygens (including phenoxy) is 1. The third kappa shape index (κ3) is 2.93. The summed E-state index contributed by atoms with van der Waals surface area (Å²) in [4.78, 5) is 2.53. The topological polar surface area (TPSA) is 24.5 Å². The summed E-state index contributed by atoms with van der Waals surface area (Å²) in [6.45, 7) is 7.91. The highest BCUT2D eigenvalue weighted by Crippen LogP contribution is 2.32. The molecule has 110 valence electrons. The van der Waals surface area contributed by atoms with Gasteiger partial charge in [0.15, 0.2) is 0 Å².